The third-order valence-electron chi connectivity index (χ3n) is 2.37. The average Bonchev–Trinajstić information content (AvgIpc) is 2.82. The van der Waals surface area contributed by atoms with Crippen LogP contribution >= 0.6 is 11.3 Å². The van der Waals surface area contributed by atoms with Crippen molar-refractivity contribution in [2.75, 3.05) is 31.6 Å². The smallest absolute Gasteiger partial charge is 0.257 e. The van der Waals surface area contributed by atoms with Crippen molar-refractivity contribution in [2.45, 2.75) is 6.10 Å². The molecule has 0 spiro atoms. The van der Waals surface area contributed by atoms with E-state index in [9.17, 15) is 4.79 Å². The monoisotopic (exact) mass is 226 g/mol. The van der Waals surface area contributed by atoms with Crippen LogP contribution in [0.3, 0.4) is 0 Å². The van der Waals surface area contributed by atoms with Gasteiger partial charge in [-0.25, -0.2) is 0 Å². The van der Waals surface area contributed by atoms with Gasteiger partial charge in [0.1, 0.15) is 6.10 Å². The van der Waals surface area contributed by atoms with Gasteiger partial charge in [0.15, 0.2) is 0 Å². The van der Waals surface area contributed by atoms with Gasteiger partial charge in [0, 0.05) is 20.1 Å². The molecule has 1 amide bonds. The molecule has 1 aromatic rings. The van der Waals surface area contributed by atoms with Crippen LogP contribution in [-0.2, 0) is 9.53 Å². The van der Waals surface area contributed by atoms with Gasteiger partial charge in [-0.3, -0.25) is 4.79 Å². The molecule has 0 bridgehead atoms. The third-order valence-corrected chi connectivity index (χ3v) is 3.32. The summed E-state index contributed by atoms with van der Waals surface area (Å²) in [5, 5.41) is 6.06. The molecule has 1 saturated heterocycles. The van der Waals surface area contributed by atoms with E-state index < -0.39 is 0 Å². The van der Waals surface area contributed by atoms with Gasteiger partial charge in [-0.15, -0.1) is 11.3 Å². The molecule has 1 aliphatic rings. The molecule has 0 radical (unpaired) electrons. The van der Waals surface area contributed by atoms with Crippen LogP contribution in [0.25, 0.3) is 0 Å². The number of likely N-dealkylation sites (N-methyl/N-ethyl adjacent to an activating group) is 1. The Morgan fingerprint density at radius 2 is 2.60 bits per heavy atom. The first kappa shape index (κ1) is 10.6. The van der Waals surface area contributed by atoms with Crippen LogP contribution in [0.15, 0.2) is 17.5 Å². The molecule has 0 aromatic carbocycles. The fraction of sp³-hybridized carbons (Fsp3) is 0.500. The number of carbonyl (C=O) groups is 1. The minimum Gasteiger partial charge on any atom is -0.366 e. The van der Waals surface area contributed by atoms with Crippen molar-refractivity contribution in [3.8, 4) is 0 Å². The van der Waals surface area contributed by atoms with Crippen molar-refractivity contribution in [1.82, 2.24) is 5.32 Å². The van der Waals surface area contributed by atoms with E-state index in [1.807, 2.05) is 17.5 Å². The van der Waals surface area contributed by atoms with Crippen molar-refractivity contribution < 1.29 is 9.53 Å². The van der Waals surface area contributed by atoms with Crippen LogP contribution in [0.4, 0.5) is 5.00 Å². The van der Waals surface area contributed by atoms with Crippen LogP contribution in [0, 0.1) is 0 Å². The molecule has 0 saturated carbocycles. The number of hydrogen-bond donors (Lipinski definition) is 1. The Labute approximate surface area is 92.8 Å². The maximum atomic E-state index is 12.0. The molecule has 1 fully saturated rings. The number of hydrogen-bond acceptors (Lipinski definition) is 4. The zero-order valence-corrected chi connectivity index (χ0v) is 9.42. The van der Waals surface area contributed by atoms with E-state index in [1.54, 1.807) is 23.3 Å². The highest BCUT2D eigenvalue weighted by atomic mass is 32.1. The Hall–Kier alpha value is -0.910. The number of amides is 1. The highest BCUT2D eigenvalue weighted by Crippen LogP contribution is 2.20. The highest BCUT2D eigenvalue weighted by molar-refractivity contribution is 7.14. The lowest BCUT2D eigenvalue weighted by atomic mass is 10.3. The Balaban J connectivity index is 2.00. The molecule has 4 nitrogen and oxygen atoms in total. The lowest BCUT2D eigenvalue weighted by molar-refractivity contribution is -0.131. The second-order valence-electron chi connectivity index (χ2n) is 3.41. The predicted octanol–water partition coefficient (Wildman–Crippen LogP) is 0.699. The van der Waals surface area contributed by atoms with Gasteiger partial charge < -0.3 is 15.0 Å². The molecule has 1 N–H and O–H groups in total. The summed E-state index contributed by atoms with van der Waals surface area (Å²) in [6.45, 7) is 2.04. The van der Waals surface area contributed by atoms with Gasteiger partial charge >= 0.3 is 0 Å². The van der Waals surface area contributed by atoms with E-state index in [4.69, 9.17) is 4.74 Å². The molecule has 5 heteroatoms. The topological polar surface area (TPSA) is 41.6 Å². The standard InChI is InChI=1S/C10H14N2O2S/c1-12(9-3-2-6-15-9)10(13)8-7-11-4-5-14-8/h2-3,6,8,11H,4-5,7H2,1H3. The zero-order chi connectivity index (χ0) is 10.7. The summed E-state index contributed by atoms with van der Waals surface area (Å²) in [5.41, 5.74) is 0. The Morgan fingerprint density at radius 3 is 3.20 bits per heavy atom. The van der Waals surface area contributed by atoms with Crippen molar-refractivity contribution in [3.63, 3.8) is 0 Å². The maximum Gasteiger partial charge on any atom is 0.257 e. The van der Waals surface area contributed by atoms with Gasteiger partial charge in [-0.05, 0) is 17.5 Å². The minimum absolute atomic E-state index is 0.0182. The molecule has 1 atom stereocenters. The molecule has 82 valence electrons. The Morgan fingerprint density at radius 1 is 1.73 bits per heavy atom. The van der Waals surface area contributed by atoms with Crippen LogP contribution in [-0.4, -0.2) is 38.8 Å². The second-order valence-corrected chi connectivity index (χ2v) is 4.34. The number of anilines is 1. The lowest BCUT2D eigenvalue weighted by Gasteiger charge is -2.26. The zero-order valence-electron chi connectivity index (χ0n) is 8.60. The number of morpholine rings is 1. The number of nitrogens with one attached hydrogen (secondary N) is 1. The van der Waals surface area contributed by atoms with Crippen molar-refractivity contribution in [1.29, 1.82) is 0 Å². The predicted molar refractivity (Wildman–Crippen MR) is 60.3 cm³/mol. The first-order chi connectivity index (χ1) is 7.29. The van der Waals surface area contributed by atoms with Crippen molar-refractivity contribution in [2.24, 2.45) is 0 Å². The number of carbonyl (C=O) groups excluding carboxylic acids is 1. The highest BCUT2D eigenvalue weighted by Gasteiger charge is 2.25. The summed E-state index contributed by atoms with van der Waals surface area (Å²) in [7, 11) is 1.78. The lowest BCUT2D eigenvalue weighted by Crippen LogP contribution is -2.48. The van der Waals surface area contributed by atoms with Gasteiger partial charge in [0.2, 0.25) is 0 Å². The molecule has 15 heavy (non-hydrogen) atoms. The van der Waals surface area contributed by atoms with Gasteiger partial charge in [0.25, 0.3) is 5.91 Å². The first-order valence-electron chi connectivity index (χ1n) is 4.92. The van der Waals surface area contributed by atoms with E-state index >= 15 is 0 Å². The molecule has 0 aliphatic carbocycles. The fourth-order valence-electron chi connectivity index (χ4n) is 1.51. The van der Waals surface area contributed by atoms with E-state index in [-0.39, 0.29) is 12.0 Å². The normalized spacial score (nSPS) is 21.3. The number of thiophene rings is 1. The van der Waals surface area contributed by atoms with Crippen molar-refractivity contribution in [3.05, 3.63) is 17.5 Å². The summed E-state index contributed by atoms with van der Waals surface area (Å²) in [6, 6.07) is 3.86. The van der Waals surface area contributed by atoms with E-state index in [0.717, 1.165) is 11.5 Å². The van der Waals surface area contributed by atoms with Crippen LogP contribution in [0.5, 0.6) is 0 Å². The summed E-state index contributed by atoms with van der Waals surface area (Å²) in [6.07, 6.45) is -0.342. The quantitative estimate of drug-likeness (QED) is 0.807. The van der Waals surface area contributed by atoms with Crippen LogP contribution in [0.1, 0.15) is 0 Å². The van der Waals surface area contributed by atoms with Gasteiger partial charge in [0.05, 0.1) is 11.6 Å². The number of nitrogens with zero attached hydrogens (tertiary/aromatic N) is 1. The Bertz CT molecular complexity index is 320. The second kappa shape index (κ2) is 4.74. The van der Waals surface area contributed by atoms with Crippen LogP contribution < -0.4 is 10.2 Å². The molecular weight excluding hydrogens is 212 g/mol. The summed E-state index contributed by atoms with van der Waals surface area (Å²) in [4.78, 5) is 13.6. The average molecular weight is 226 g/mol. The number of ether oxygens (including phenoxy) is 1. The summed E-state index contributed by atoms with van der Waals surface area (Å²) in [5.74, 6) is 0.0182. The van der Waals surface area contributed by atoms with E-state index in [1.165, 1.54) is 0 Å². The van der Waals surface area contributed by atoms with Crippen LogP contribution in [0.2, 0.25) is 0 Å². The fourth-order valence-corrected chi connectivity index (χ4v) is 2.21. The summed E-state index contributed by atoms with van der Waals surface area (Å²) >= 11 is 1.55. The SMILES string of the molecule is CN(C(=O)C1CNCCO1)c1cccs1. The van der Waals surface area contributed by atoms with E-state index in [0.29, 0.717) is 13.2 Å². The first-order valence-corrected chi connectivity index (χ1v) is 5.80. The minimum atomic E-state index is -0.342. The largest absolute Gasteiger partial charge is 0.366 e. The third kappa shape index (κ3) is 2.37. The molecule has 2 rings (SSSR count). The van der Waals surface area contributed by atoms with E-state index in [2.05, 4.69) is 5.32 Å². The maximum absolute atomic E-state index is 12.0. The molecule has 1 aromatic heterocycles. The molecule has 1 aliphatic heterocycles. The number of rotatable bonds is 2. The van der Waals surface area contributed by atoms with Gasteiger partial charge in [-0.2, -0.15) is 0 Å². The molecule has 2 heterocycles. The summed E-state index contributed by atoms with van der Waals surface area (Å²) < 4.78 is 5.41. The molecular formula is C10H14N2O2S. The van der Waals surface area contributed by atoms with Gasteiger partial charge in [-0.1, -0.05) is 0 Å². The Kier molecular flexibility index (Phi) is 3.35. The molecule has 1 unspecified atom stereocenters. The van der Waals surface area contributed by atoms with Crippen molar-refractivity contribution >= 4 is 22.2 Å².